The summed E-state index contributed by atoms with van der Waals surface area (Å²) in [5.41, 5.74) is 5.81. The number of fused-ring (bicyclic) bond motifs is 3. The van der Waals surface area contributed by atoms with Crippen LogP contribution in [0.25, 0.3) is 10.9 Å². The molecular formula is C21H24N2O2S. The number of hydrogen-bond acceptors (Lipinski definition) is 2. The molecule has 0 fully saturated rings. The number of rotatable bonds is 5. The number of hydrogen-bond donors (Lipinski definition) is 1. The summed E-state index contributed by atoms with van der Waals surface area (Å²) in [6.45, 7) is 3.11. The average molecular weight is 369 g/mol. The number of aryl methyl sites for hydroxylation is 2. The normalized spacial score (nSPS) is 15.3. The van der Waals surface area contributed by atoms with E-state index in [1.807, 2.05) is 30.3 Å². The first-order valence-electron chi connectivity index (χ1n) is 9.15. The summed E-state index contributed by atoms with van der Waals surface area (Å²) in [5, 5.41) is 1.16. The van der Waals surface area contributed by atoms with Crippen LogP contribution in [-0.4, -0.2) is 30.0 Å². The van der Waals surface area contributed by atoms with E-state index < -0.39 is 10.0 Å². The summed E-state index contributed by atoms with van der Waals surface area (Å²) in [6.07, 6.45) is 2.20. The van der Waals surface area contributed by atoms with Crippen LogP contribution in [0.3, 0.4) is 0 Å². The molecule has 0 unspecified atom stereocenters. The third kappa shape index (κ3) is 3.41. The van der Waals surface area contributed by atoms with Crippen LogP contribution < -0.4 is 0 Å². The molecule has 2 heterocycles. The Labute approximate surface area is 154 Å². The standard InChI is InChI=1S/C21H24N2O2S/c1-16-9-10-20-18(14-16)19-15-23(12-11-21(19)22-20)26(24,25)13-5-8-17-6-3-2-4-7-17/h2-4,6-7,9-10,14,22H,5,8,11-13,15H2,1H3. The average Bonchev–Trinajstić information content (AvgIpc) is 2.99. The Balaban J connectivity index is 1.48. The highest BCUT2D eigenvalue weighted by Crippen LogP contribution is 2.29. The molecule has 136 valence electrons. The minimum absolute atomic E-state index is 0.207. The predicted molar refractivity (Wildman–Crippen MR) is 106 cm³/mol. The van der Waals surface area contributed by atoms with Gasteiger partial charge in [0.05, 0.1) is 5.75 Å². The molecule has 0 saturated carbocycles. The van der Waals surface area contributed by atoms with Crippen LogP contribution in [-0.2, 0) is 29.4 Å². The van der Waals surface area contributed by atoms with Gasteiger partial charge < -0.3 is 4.98 Å². The maximum atomic E-state index is 12.8. The van der Waals surface area contributed by atoms with E-state index in [0.717, 1.165) is 29.3 Å². The van der Waals surface area contributed by atoms with Crippen molar-refractivity contribution in [3.8, 4) is 0 Å². The van der Waals surface area contributed by atoms with Crippen LogP contribution in [0.5, 0.6) is 0 Å². The Morgan fingerprint density at radius 2 is 1.92 bits per heavy atom. The first-order valence-corrected chi connectivity index (χ1v) is 10.8. The second kappa shape index (κ2) is 6.89. The minimum Gasteiger partial charge on any atom is -0.358 e. The third-order valence-corrected chi connectivity index (χ3v) is 7.10. The first kappa shape index (κ1) is 17.3. The molecule has 4 rings (SSSR count). The molecule has 4 nitrogen and oxygen atoms in total. The zero-order valence-electron chi connectivity index (χ0n) is 15.0. The molecule has 0 spiro atoms. The van der Waals surface area contributed by atoms with E-state index in [2.05, 4.69) is 30.1 Å². The van der Waals surface area contributed by atoms with Crippen LogP contribution in [0, 0.1) is 6.92 Å². The van der Waals surface area contributed by atoms with Gasteiger partial charge in [-0.1, -0.05) is 42.0 Å². The van der Waals surface area contributed by atoms with E-state index in [4.69, 9.17) is 0 Å². The molecule has 1 aliphatic heterocycles. The molecule has 5 heteroatoms. The second-order valence-electron chi connectivity index (χ2n) is 7.12. The molecule has 0 radical (unpaired) electrons. The van der Waals surface area contributed by atoms with Crippen molar-refractivity contribution in [1.29, 1.82) is 0 Å². The molecule has 1 aromatic heterocycles. The summed E-state index contributed by atoms with van der Waals surface area (Å²) in [5.74, 6) is 0.207. The maximum Gasteiger partial charge on any atom is 0.214 e. The number of aromatic amines is 1. The van der Waals surface area contributed by atoms with Gasteiger partial charge in [0.1, 0.15) is 0 Å². The van der Waals surface area contributed by atoms with Crippen molar-refractivity contribution in [3.63, 3.8) is 0 Å². The van der Waals surface area contributed by atoms with Gasteiger partial charge in [-0.2, -0.15) is 4.31 Å². The van der Waals surface area contributed by atoms with E-state index in [-0.39, 0.29) is 5.75 Å². The van der Waals surface area contributed by atoms with E-state index >= 15 is 0 Å². The number of H-pyrrole nitrogens is 1. The van der Waals surface area contributed by atoms with Crippen molar-refractivity contribution < 1.29 is 8.42 Å². The fraction of sp³-hybridized carbons (Fsp3) is 0.333. The number of aromatic nitrogens is 1. The fourth-order valence-corrected chi connectivity index (χ4v) is 5.24. The van der Waals surface area contributed by atoms with Crippen LogP contribution in [0.2, 0.25) is 0 Å². The van der Waals surface area contributed by atoms with Gasteiger partial charge in [0, 0.05) is 36.1 Å². The van der Waals surface area contributed by atoms with Crippen molar-refractivity contribution in [1.82, 2.24) is 9.29 Å². The van der Waals surface area contributed by atoms with Gasteiger partial charge in [-0.15, -0.1) is 0 Å². The highest BCUT2D eigenvalue weighted by atomic mass is 32.2. The van der Waals surface area contributed by atoms with Gasteiger partial charge in [-0.05, 0) is 43.0 Å². The molecule has 26 heavy (non-hydrogen) atoms. The Kier molecular flexibility index (Phi) is 4.59. The minimum atomic E-state index is -3.23. The monoisotopic (exact) mass is 368 g/mol. The largest absolute Gasteiger partial charge is 0.358 e. The lowest BCUT2D eigenvalue weighted by molar-refractivity contribution is 0.390. The third-order valence-electron chi connectivity index (χ3n) is 5.20. The quantitative estimate of drug-likeness (QED) is 0.745. The number of benzene rings is 2. The van der Waals surface area contributed by atoms with Crippen LogP contribution in [0.15, 0.2) is 48.5 Å². The number of nitrogens with one attached hydrogen (secondary N) is 1. The molecule has 0 atom stereocenters. The van der Waals surface area contributed by atoms with Gasteiger partial charge >= 0.3 is 0 Å². The highest BCUT2D eigenvalue weighted by molar-refractivity contribution is 7.89. The second-order valence-corrected chi connectivity index (χ2v) is 9.21. The summed E-state index contributed by atoms with van der Waals surface area (Å²) >= 11 is 0. The topological polar surface area (TPSA) is 53.2 Å². The Hall–Kier alpha value is -2.11. The van der Waals surface area contributed by atoms with E-state index in [1.54, 1.807) is 4.31 Å². The summed E-state index contributed by atoms with van der Waals surface area (Å²) in [6, 6.07) is 16.4. The van der Waals surface area contributed by atoms with Gasteiger partial charge in [-0.25, -0.2) is 8.42 Å². The van der Waals surface area contributed by atoms with E-state index in [1.165, 1.54) is 16.8 Å². The van der Waals surface area contributed by atoms with Gasteiger partial charge in [0.25, 0.3) is 0 Å². The maximum absolute atomic E-state index is 12.8. The lowest BCUT2D eigenvalue weighted by atomic mass is 10.0. The van der Waals surface area contributed by atoms with Crippen LogP contribution in [0.1, 0.15) is 28.8 Å². The van der Waals surface area contributed by atoms with Crippen molar-refractivity contribution >= 4 is 20.9 Å². The van der Waals surface area contributed by atoms with Crippen LogP contribution >= 0.6 is 0 Å². The lowest BCUT2D eigenvalue weighted by Crippen LogP contribution is -2.37. The Morgan fingerprint density at radius 1 is 1.12 bits per heavy atom. The van der Waals surface area contributed by atoms with Crippen molar-refractivity contribution in [3.05, 3.63) is 70.9 Å². The molecular weight excluding hydrogens is 344 g/mol. The van der Waals surface area contributed by atoms with E-state index in [9.17, 15) is 8.42 Å². The summed E-state index contributed by atoms with van der Waals surface area (Å²) in [4.78, 5) is 3.46. The Bertz CT molecular complexity index is 1020. The predicted octanol–water partition coefficient (Wildman–Crippen LogP) is 3.80. The molecule has 1 N–H and O–H groups in total. The van der Waals surface area contributed by atoms with Gasteiger partial charge in [0.2, 0.25) is 10.0 Å². The SMILES string of the molecule is Cc1ccc2[nH]c3c(c2c1)CN(S(=O)(=O)CCCc1ccccc1)CC3. The van der Waals surface area contributed by atoms with Gasteiger partial charge in [-0.3, -0.25) is 0 Å². The smallest absolute Gasteiger partial charge is 0.214 e. The lowest BCUT2D eigenvalue weighted by Gasteiger charge is -2.26. The molecule has 2 aromatic carbocycles. The molecule has 0 saturated heterocycles. The highest BCUT2D eigenvalue weighted by Gasteiger charge is 2.28. The summed E-state index contributed by atoms with van der Waals surface area (Å²) < 4.78 is 27.3. The fourth-order valence-electron chi connectivity index (χ4n) is 3.77. The van der Waals surface area contributed by atoms with Crippen LogP contribution in [0.4, 0.5) is 0 Å². The van der Waals surface area contributed by atoms with E-state index in [0.29, 0.717) is 19.5 Å². The molecule has 0 bridgehead atoms. The van der Waals surface area contributed by atoms with Crippen molar-refractivity contribution in [2.45, 2.75) is 32.7 Å². The number of nitrogens with zero attached hydrogens (tertiary/aromatic N) is 1. The van der Waals surface area contributed by atoms with Gasteiger partial charge in [0.15, 0.2) is 0 Å². The zero-order chi connectivity index (χ0) is 18.1. The number of sulfonamides is 1. The molecule has 0 aliphatic carbocycles. The summed E-state index contributed by atoms with van der Waals surface area (Å²) in [7, 11) is -3.23. The first-order chi connectivity index (χ1) is 12.5. The zero-order valence-corrected chi connectivity index (χ0v) is 15.8. The molecule has 1 aliphatic rings. The van der Waals surface area contributed by atoms with Crippen molar-refractivity contribution in [2.24, 2.45) is 0 Å². The molecule has 0 amide bonds. The van der Waals surface area contributed by atoms with Crippen molar-refractivity contribution in [2.75, 3.05) is 12.3 Å². The molecule has 3 aromatic rings. The Morgan fingerprint density at radius 3 is 2.73 bits per heavy atom.